The minimum absolute atomic E-state index is 0.125. The molecule has 290 valence electrons. The van der Waals surface area contributed by atoms with Gasteiger partial charge in [0.1, 0.15) is 29.2 Å². The van der Waals surface area contributed by atoms with Crippen molar-refractivity contribution in [2.75, 3.05) is 27.3 Å². The molecule has 7 rings (SSSR count). The fraction of sp³-hybridized carbons (Fsp3) is 0.462. The minimum Gasteiger partial charge on any atom is -0.453 e. The normalized spacial score (nSPS) is 18.3. The summed E-state index contributed by atoms with van der Waals surface area (Å²) < 4.78 is 15.7. The Morgan fingerprint density at radius 2 is 1.36 bits per heavy atom. The van der Waals surface area contributed by atoms with Crippen LogP contribution in [0.5, 0.6) is 0 Å². The standard InChI is InChI=1S/C39H47N9O7/c1-20(2)31(45-38(51)53-5)36(49)47-15-7-9-28(47)33-40-19-27(43-33)22-12-14-30-26(17-22)44-35(55-30)23-11-13-24-25(18-23)42-34(41-24)29-10-8-16-48(29)37(50)32(21(3)4)46-39(52)54-6/h11-14,17-21,28-29,31-32H,7-10,15-16H2,1-6H3,(H,40,43)(H,41,42)(H,45,51)(H,46,52)/t28-,29-,31?,32?/m0/s1. The molecule has 16 nitrogen and oxygen atoms in total. The highest BCUT2D eigenvalue weighted by Gasteiger charge is 2.39. The van der Waals surface area contributed by atoms with Crippen molar-refractivity contribution in [2.24, 2.45) is 11.8 Å². The van der Waals surface area contributed by atoms with Gasteiger partial charge in [0, 0.05) is 24.2 Å². The van der Waals surface area contributed by atoms with Gasteiger partial charge in [0.25, 0.3) is 0 Å². The number of nitrogens with zero attached hydrogens (tertiary/aromatic N) is 5. The predicted molar refractivity (Wildman–Crippen MR) is 202 cm³/mol. The first-order valence-electron chi connectivity index (χ1n) is 18.7. The van der Waals surface area contributed by atoms with Gasteiger partial charge < -0.3 is 44.3 Å². The summed E-state index contributed by atoms with van der Waals surface area (Å²) in [5.74, 6) is 1.23. The highest BCUT2D eigenvalue weighted by molar-refractivity contribution is 5.88. The van der Waals surface area contributed by atoms with Crippen LogP contribution in [0.15, 0.2) is 47.0 Å². The molecule has 0 spiro atoms. The third-order valence-electron chi connectivity index (χ3n) is 10.5. The third kappa shape index (κ3) is 7.44. The van der Waals surface area contributed by atoms with E-state index in [9.17, 15) is 19.2 Å². The average molecular weight is 754 g/mol. The van der Waals surface area contributed by atoms with Gasteiger partial charge in [-0.1, -0.05) is 27.7 Å². The number of amides is 4. The summed E-state index contributed by atoms with van der Waals surface area (Å²) in [6, 6.07) is 9.56. The lowest BCUT2D eigenvalue weighted by atomic mass is 10.0. The Hall–Kier alpha value is -5.93. The second-order valence-corrected chi connectivity index (χ2v) is 14.8. The van der Waals surface area contributed by atoms with Crippen molar-refractivity contribution in [1.29, 1.82) is 0 Å². The molecule has 4 atom stereocenters. The van der Waals surface area contributed by atoms with E-state index < -0.39 is 24.3 Å². The number of aromatic amines is 2. The summed E-state index contributed by atoms with van der Waals surface area (Å²) in [6.45, 7) is 8.69. The van der Waals surface area contributed by atoms with Gasteiger partial charge in [-0.15, -0.1) is 0 Å². The Morgan fingerprint density at radius 1 is 0.764 bits per heavy atom. The van der Waals surface area contributed by atoms with Gasteiger partial charge in [0.05, 0.1) is 49.2 Å². The number of fused-ring (bicyclic) bond motifs is 2. The number of carbonyl (C=O) groups excluding carboxylic acids is 4. The molecule has 5 aromatic rings. The number of aromatic nitrogens is 5. The number of carbonyl (C=O) groups is 4. The van der Waals surface area contributed by atoms with Gasteiger partial charge >= 0.3 is 12.2 Å². The molecule has 4 amide bonds. The topological polar surface area (TPSA) is 201 Å². The molecule has 2 aliphatic heterocycles. The number of rotatable bonds is 10. The molecule has 0 bridgehead atoms. The van der Waals surface area contributed by atoms with Gasteiger partial charge in [0.2, 0.25) is 17.7 Å². The summed E-state index contributed by atoms with van der Waals surface area (Å²) in [4.78, 5) is 75.9. The first kappa shape index (κ1) is 37.4. The molecule has 2 saturated heterocycles. The van der Waals surface area contributed by atoms with Gasteiger partial charge in [-0.3, -0.25) is 9.59 Å². The van der Waals surface area contributed by atoms with Gasteiger partial charge in [-0.05, 0) is 73.9 Å². The van der Waals surface area contributed by atoms with E-state index in [1.54, 1.807) is 16.0 Å². The van der Waals surface area contributed by atoms with Crippen LogP contribution >= 0.6 is 0 Å². The molecule has 0 saturated carbocycles. The second-order valence-electron chi connectivity index (χ2n) is 14.8. The first-order valence-corrected chi connectivity index (χ1v) is 18.7. The molecule has 2 fully saturated rings. The van der Waals surface area contributed by atoms with Crippen molar-refractivity contribution in [2.45, 2.75) is 77.5 Å². The number of H-pyrrole nitrogens is 2. The summed E-state index contributed by atoms with van der Waals surface area (Å²) >= 11 is 0. The Bertz CT molecular complexity index is 2220. The van der Waals surface area contributed by atoms with E-state index in [1.807, 2.05) is 64.1 Å². The molecule has 2 aliphatic rings. The number of nitrogens with one attached hydrogen (secondary N) is 4. The fourth-order valence-corrected chi connectivity index (χ4v) is 7.58. The molecule has 4 N–H and O–H groups in total. The lowest BCUT2D eigenvalue weighted by Crippen LogP contribution is -2.51. The number of alkyl carbamates (subject to hydrolysis) is 2. The van der Waals surface area contributed by atoms with Crippen LogP contribution in [-0.2, 0) is 19.1 Å². The third-order valence-corrected chi connectivity index (χ3v) is 10.5. The first-order chi connectivity index (χ1) is 26.4. The Balaban J connectivity index is 1.08. The van der Waals surface area contributed by atoms with Crippen molar-refractivity contribution in [3.8, 4) is 22.7 Å². The Kier molecular flexibility index (Phi) is 10.5. The average Bonchev–Trinajstić information content (AvgIpc) is 4.02. The van der Waals surface area contributed by atoms with Crippen LogP contribution in [0.1, 0.15) is 77.1 Å². The number of hydrogen-bond donors (Lipinski definition) is 4. The van der Waals surface area contributed by atoms with Crippen molar-refractivity contribution >= 4 is 46.1 Å². The van der Waals surface area contributed by atoms with Crippen LogP contribution in [0, 0.1) is 11.8 Å². The lowest BCUT2D eigenvalue weighted by Gasteiger charge is -2.30. The fourth-order valence-electron chi connectivity index (χ4n) is 7.58. The van der Waals surface area contributed by atoms with Crippen LogP contribution in [0.2, 0.25) is 0 Å². The van der Waals surface area contributed by atoms with E-state index >= 15 is 0 Å². The molecule has 55 heavy (non-hydrogen) atoms. The van der Waals surface area contributed by atoms with E-state index in [2.05, 4.69) is 25.6 Å². The summed E-state index contributed by atoms with van der Waals surface area (Å²) in [7, 11) is 2.56. The number of hydrogen-bond acceptors (Lipinski definition) is 10. The van der Waals surface area contributed by atoms with Crippen LogP contribution in [-0.4, -0.2) is 98.1 Å². The van der Waals surface area contributed by atoms with Gasteiger partial charge in [-0.2, -0.15) is 0 Å². The van der Waals surface area contributed by atoms with E-state index in [0.717, 1.165) is 53.5 Å². The molecule has 3 aromatic heterocycles. The summed E-state index contributed by atoms with van der Waals surface area (Å²) in [5, 5.41) is 5.37. The minimum atomic E-state index is -0.715. The number of imidazole rings is 2. The van der Waals surface area contributed by atoms with Crippen LogP contribution < -0.4 is 10.6 Å². The molecular formula is C39H47N9O7. The highest BCUT2D eigenvalue weighted by atomic mass is 16.5. The molecule has 0 radical (unpaired) electrons. The Labute approximate surface area is 317 Å². The van der Waals surface area contributed by atoms with Crippen molar-refractivity contribution in [3.63, 3.8) is 0 Å². The molecule has 2 unspecified atom stereocenters. The van der Waals surface area contributed by atoms with E-state index in [4.69, 9.17) is 23.9 Å². The molecular weight excluding hydrogens is 706 g/mol. The summed E-state index contributed by atoms with van der Waals surface area (Å²) in [5.41, 5.74) is 5.23. The van der Waals surface area contributed by atoms with Crippen molar-refractivity contribution in [1.82, 2.24) is 45.4 Å². The quantitative estimate of drug-likeness (QED) is 0.134. The van der Waals surface area contributed by atoms with Gasteiger partial charge in [0.15, 0.2) is 5.58 Å². The van der Waals surface area contributed by atoms with Gasteiger partial charge in [-0.25, -0.2) is 24.5 Å². The summed E-state index contributed by atoms with van der Waals surface area (Å²) in [6.07, 6.45) is 3.62. The number of methoxy groups -OCH3 is 2. The number of oxazole rings is 1. The lowest BCUT2D eigenvalue weighted by molar-refractivity contribution is -0.136. The number of ether oxygens (including phenoxy) is 2. The maximum Gasteiger partial charge on any atom is 0.407 e. The van der Waals surface area contributed by atoms with Crippen LogP contribution in [0.3, 0.4) is 0 Å². The maximum atomic E-state index is 13.6. The van der Waals surface area contributed by atoms with Crippen LogP contribution in [0.4, 0.5) is 9.59 Å². The van der Waals surface area contributed by atoms with Crippen LogP contribution in [0.25, 0.3) is 44.8 Å². The SMILES string of the molecule is COC(=O)NC(C(=O)N1CCC[C@H]1c1ncc(-c2ccc3oc(-c4ccc5nc([C@@H]6CCCN6C(=O)C(NC(=O)OC)C(C)C)[nH]c5c4)nc3c2)[nH]1)C(C)C. The largest absolute Gasteiger partial charge is 0.453 e. The molecule has 2 aromatic carbocycles. The monoisotopic (exact) mass is 753 g/mol. The molecule has 5 heterocycles. The van der Waals surface area contributed by atoms with Crippen molar-refractivity contribution in [3.05, 3.63) is 54.2 Å². The second kappa shape index (κ2) is 15.4. The zero-order chi connectivity index (χ0) is 39.0. The van der Waals surface area contributed by atoms with E-state index in [0.29, 0.717) is 41.7 Å². The number of likely N-dealkylation sites (tertiary alicyclic amines) is 2. The van der Waals surface area contributed by atoms with E-state index in [1.165, 1.54) is 14.2 Å². The highest BCUT2D eigenvalue weighted by Crippen LogP contribution is 2.36. The smallest absolute Gasteiger partial charge is 0.407 e. The molecule has 16 heteroatoms. The predicted octanol–water partition coefficient (Wildman–Crippen LogP) is 5.85. The maximum absolute atomic E-state index is 13.6. The van der Waals surface area contributed by atoms with Crippen molar-refractivity contribution < 1.29 is 33.1 Å². The Morgan fingerprint density at radius 3 is 1.96 bits per heavy atom. The zero-order valence-electron chi connectivity index (χ0n) is 31.8. The molecule has 0 aliphatic carbocycles. The van der Waals surface area contributed by atoms with E-state index in [-0.39, 0.29) is 35.7 Å². The zero-order valence-corrected chi connectivity index (χ0v) is 31.8. The number of benzene rings is 2.